The van der Waals surface area contributed by atoms with Crippen molar-refractivity contribution < 1.29 is 23.6 Å². The van der Waals surface area contributed by atoms with Crippen LogP contribution >= 0.6 is 11.6 Å². The van der Waals surface area contributed by atoms with E-state index in [0.717, 1.165) is 25.7 Å². The molecule has 0 radical (unpaired) electrons. The Balaban J connectivity index is 1.28. The first-order valence-corrected chi connectivity index (χ1v) is 10.00. The second-order valence-corrected chi connectivity index (χ2v) is 7.69. The number of hydrogen-bond donors (Lipinski definition) is 0. The number of carbonyl (C=O) groups excluding carboxylic acids is 3. The van der Waals surface area contributed by atoms with E-state index in [1.807, 2.05) is 0 Å². The summed E-state index contributed by atoms with van der Waals surface area (Å²) in [5.74, 6) is -0.789. The molecule has 0 spiro atoms. The van der Waals surface area contributed by atoms with Crippen LogP contribution in [0, 0.1) is 11.8 Å². The van der Waals surface area contributed by atoms with Gasteiger partial charge in [0.05, 0.1) is 18.3 Å². The third kappa shape index (κ3) is 4.17. The highest BCUT2D eigenvalue weighted by Gasteiger charge is 2.47. The molecule has 1 aromatic carbocycles. The van der Waals surface area contributed by atoms with Crippen LogP contribution in [0.5, 0.6) is 0 Å². The Hall–Kier alpha value is -2.74. The molecular weight excluding hydrogens is 398 g/mol. The summed E-state index contributed by atoms with van der Waals surface area (Å²) in [6.45, 7) is -0.138. The molecule has 152 valence electrons. The second-order valence-electron chi connectivity index (χ2n) is 7.26. The number of ether oxygens (including phenoxy) is 1. The van der Waals surface area contributed by atoms with Crippen LogP contribution in [0.15, 0.2) is 28.8 Å². The van der Waals surface area contributed by atoms with E-state index in [1.165, 1.54) is 4.90 Å². The number of nitrogens with zero attached hydrogens (tertiary/aromatic N) is 3. The van der Waals surface area contributed by atoms with Crippen molar-refractivity contribution in [1.29, 1.82) is 0 Å². The first-order valence-electron chi connectivity index (χ1n) is 9.62. The Kier molecular flexibility index (Phi) is 5.62. The minimum atomic E-state index is -0.539. The fourth-order valence-electron chi connectivity index (χ4n) is 3.93. The maximum atomic E-state index is 12.4. The molecule has 29 heavy (non-hydrogen) atoms. The van der Waals surface area contributed by atoms with Crippen LogP contribution in [0.1, 0.15) is 38.0 Å². The largest absolute Gasteiger partial charge is 0.456 e. The van der Waals surface area contributed by atoms with Gasteiger partial charge in [0.2, 0.25) is 17.6 Å². The number of esters is 1. The third-order valence-electron chi connectivity index (χ3n) is 5.38. The molecule has 0 bridgehead atoms. The molecule has 1 saturated heterocycles. The quantitative estimate of drug-likeness (QED) is 0.525. The molecule has 1 aliphatic heterocycles. The lowest BCUT2D eigenvalue weighted by molar-refractivity contribution is -0.147. The molecular formula is C20H20ClN3O5. The zero-order valence-electron chi connectivity index (χ0n) is 15.7. The van der Waals surface area contributed by atoms with Crippen LogP contribution in [-0.2, 0) is 25.7 Å². The van der Waals surface area contributed by atoms with Gasteiger partial charge in [-0.2, -0.15) is 4.98 Å². The number of amides is 2. The van der Waals surface area contributed by atoms with E-state index < -0.39 is 5.97 Å². The van der Waals surface area contributed by atoms with Gasteiger partial charge in [0, 0.05) is 17.1 Å². The van der Waals surface area contributed by atoms with Gasteiger partial charge in [-0.1, -0.05) is 41.7 Å². The molecule has 1 saturated carbocycles. The number of likely N-dealkylation sites (tertiary alicyclic amines) is 1. The van der Waals surface area contributed by atoms with E-state index in [0.29, 0.717) is 16.4 Å². The smallest absolute Gasteiger partial charge is 0.308 e. The number of aromatic nitrogens is 2. The van der Waals surface area contributed by atoms with Gasteiger partial charge in [-0.15, -0.1) is 0 Å². The van der Waals surface area contributed by atoms with Crippen LogP contribution in [-0.4, -0.2) is 39.4 Å². The SMILES string of the molecule is O=C(CCN1C(=O)[C@H]2CCCC[C@H]2C1=O)OCc1nc(-c2cccc(Cl)c2)no1. The van der Waals surface area contributed by atoms with E-state index in [4.69, 9.17) is 20.9 Å². The highest BCUT2D eigenvalue weighted by atomic mass is 35.5. The molecule has 2 heterocycles. The van der Waals surface area contributed by atoms with Crippen molar-refractivity contribution in [3.8, 4) is 11.4 Å². The first kappa shape index (κ1) is 19.6. The molecule has 8 nitrogen and oxygen atoms in total. The van der Waals surface area contributed by atoms with Crippen molar-refractivity contribution in [2.75, 3.05) is 6.54 Å². The zero-order valence-corrected chi connectivity index (χ0v) is 16.4. The van der Waals surface area contributed by atoms with Crippen LogP contribution in [0.25, 0.3) is 11.4 Å². The van der Waals surface area contributed by atoms with Crippen LogP contribution in [0.3, 0.4) is 0 Å². The van der Waals surface area contributed by atoms with E-state index in [-0.39, 0.29) is 49.1 Å². The molecule has 2 fully saturated rings. The average Bonchev–Trinajstić information content (AvgIpc) is 3.29. The van der Waals surface area contributed by atoms with Gasteiger partial charge in [-0.3, -0.25) is 19.3 Å². The zero-order chi connectivity index (χ0) is 20.4. The predicted molar refractivity (Wildman–Crippen MR) is 101 cm³/mol. The van der Waals surface area contributed by atoms with Crippen LogP contribution in [0.4, 0.5) is 0 Å². The van der Waals surface area contributed by atoms with Crippen molar-refractivity contribution >= 4 is 29.4 Å². The summed E-state index contributed by atoms with van der Waals surface area (Å²) in [7, 11) is 0. The monoisotopic (exact) mass is 417 g/mol. The summed E-state index contributed by atoms with van der Waals surface area (Å²) in [6.07, 6.45) is 3.38. The maximum absolute atomic E-state index is 12.4. The summed E-state index contributed by atoms with van der Waals surface area (Å²) in [5, 5.41) is 4.39. The Morgan fingerprint density at radius 1 is 1.21 bits per heavy atom. The lowest BCUT2D eigenvalue weighted by Gasteiger charge is -2.19. The van der Waals surface area contributed by atoms with Gasteiger partial charge in [-0.05, 0) is 25.0 Å². The molecule has 2 aliphatic rings. The predicted octanol–water partition coefficient (Wildman–Crippen LogP) is 3.00. The standard InChI is InChI=1S/C20H20ClN3O5/c21-13-5-3-4-12(10-13)18-22-16(29-23-18)11-28-17(25)8-9-24-19(26)14-6-1-2-7-15(14)20(24)27/h3-5,10,14-15H,1-2,6-9,11H2/t14-,15+. The van der Waals surface area contributed by atoms with Gasteiger partial charge >= 0.3 is 5.97 Å². The molecule has 9 heteroatoms. The number of rotatable bonds is 6. The lowest BCUT2D eigenvalue weighted by atomic mass is 9.81. The summed E-state index contributed by atoms with van der Waals surface area (Å²) >= 11 is 5.95. The topological polar surface area (TPSA) is 103 Å². The number of halogens is 1. The maximum Gasteiger partial charge on any atom is 0.308 e. The summed E-state index contributed by atoms with van der Waals surface area (Å²) < 4.78 is 10.2. The fourth-order valence-corrected chi connectivity index (χ4v) is 4.12. The van der Waals surface area contributed by atoms with E-state index in [1.54, 1.807) is 24.3 Å². The van der Waals surface area contributed by atoms with Crippen molar-refractivity contribution in [2.24, 2.45) is 11.8 Å². The van der Waals surface area contributed by atoms with Crippen molar-refractivity contribution in [3.05, 3.63) is 35.2 Å². The normalized spacial score (nSPS) is 21.3. The lowest BCUT2D eigenvalue weighted by Crippen LogP contribution is -2.33. The Bertz CT molecular complexity index is 920. The van der Waals surface area contributed by atoms with Gasteiger partial charge in [0.1, 0.15) is 0 Å². The number of carbonyl (C=O) groups is 3. The highest BCUT2D eigenvalue weighted by molar-refractivity contribution is 6.30. The van der Waals surface area contributed by atoms with Crippen molar-refractivity contribution in [3.63, 3.8) is 0 Å². The molecule has 4 rings (SSSR count). The van der Waals surface area contributed by atoms with Crippen LogP contribution in [0.2, 0.25) is 5.02 Å². The summed E-state index contributed by atoms with van der Waals surface area (Å²) in [4.78, 5) is 42.3. The molecule has 0 unspecified atom stereocenters. The molecule has 1 aliphatic carbocycles. The number of fused-ring (bicyclic) bond motifs is 1. The number of hydrogen-bond acceptors (Lipinski definition) is 7. The number of benzene rings is 1. The Labute approximate surface area is 172 Å². The van der Waals surface area contributed by atoms with Gasteiger partial charge in [-0.25, -0.2) is 0 Å². The van der Waals surface area contributed by atoms with Gasteiger partial charge in [0.25, 0.3) is 5.89 Å². The average molecular weight is 418 g/mol. The summed E-state index contributed by atoms with van der Waals surface area (Å²) in [6, 6.07) is 6.99. The highest BCUT2D eigenvalue weighted by Crippen LogP contribution is 2.38. The summed E-state index contributed by atoms with van der Waals surface area (Å²) in [5.41, 5.74) is 0.686. The van der Waals surface area contributed by atoms with E-state index >= 15 is 0 Å². The minimum Gasteiger partial charge on any atom is -0.456 e. The fraction of sp³-hybridized carbons (Fsp3) is 0.450. The molecule has 2 amide bonds. The number of imide groups is 1. The van der Waals surface area contributed by atoms with Crippen molar-refractivity contribution in [1.82, 2.24) is 15.0 Å². The second kappa shape index (κ2) is 8.32. The molecule has 2 aromatic rings. The molecule has 1 aromatic heterocycles. The van der Waals surface area contributed by atoms with E-state index in [2.05, 4.69) is 10.1 Å². The molecule has 2 atom stereocenters. The van der Waals surface area contributed by atoms with Crippen molar-refractivity contribution in [2.45, 2.75) is 38.7 Å². The van der Waals surface area contributed by atoms with Gasteiger partial charge in [0.15, 0.2) is 6.61 Å². The Morgan fingerprint density at radius 3 is 2.62 bits per heavy atom. The first-order chi connectivity index (χ1) is 14.0. The minimum absolute atomic E-state index is 0.0428. The van der Waals surface area contributed by atoms with Crippen LogP contribution < -0.4 is 0 Å². The molecule has 0 N–H and O–H groups in total. The van der Waals surface area contributed by atoms with E-state index in [9.17, 15) is 14.4 Å². The third-order valence-corrected chi connectivity index (χ3v) is 5.61. The Morgan fingerprint density at radius 2 is 1.93 bits per heavy atom. The van der Waals surface area contributed by atoms with Gasteiger partial charge < -0.3 is 9.26 Å².